The van der Waals surface area contributed by atoms with E-state index in [2.05, 4.69) is 29.1 Å². The smallest absolute Gasteiger partial charge is 0.310 e. The summed E-state index contributed by atoms with van der Waals surface area (Å²) in [4.78, 5) is 45.8. The highest BCUT2D eigenvalue weighted by atomic mass is 79.9. The number of amides is 2. The van der Waals surface area contributed by atoms with Crippen molar-refractivity contribution in [3.63, 3.8) is 0 Å². The van der Waals surface area contributed by atoms with Crippen LogP contribution in [0.2, 0.25) is 5.02 Å². The number of esters is 1. The number of unbranched alkanes of at least 4 members (excludes halogenated alkanes) is 1. The number of allylic oxidation sites excluding steroid dienone is 1. The van der Waals surface area contributed by atoms with E-state index in [0.29, 0.717) is 30.0 Å². The number of fused-ring (bicyclic) bond motifs is 1. The van der Waals surface area contributed by atoms with E-state index in [1.165, 1.54) is 0 Å². The van der Waals surface area contributed by atoms with Crippen LogP contribution in [0.3, 0.4) is 0 Å². The van der Waals surface area contributed by atoms with Crippen LogP contribution in [0.1, 0.15) is 39.5 Å². The zero-order valence-electron chi connectivity index (χ0n) is 23.0. The first-order valence-electron chi connectivity index (χ1n) is 13.9. The Morgan fingerprint density at radius 1 is 1.32 bits per heavy atom. The number of hydrogen-bond acceptors (Lipinski definition) is 6. The van der Waals surface area contributed by atoms with Crippen LogP contribution in [-0.2, 0) is 19.1 Å². The number of rotatable bonds is 13. The Balaban J connectivity index is 1.79. The predicted octanol–water partition coefficient (Wildman–Crippen LogP) is 5.24. The summed E-state index contributed by atoms with van der Waals surface area (Å²) in [7, 11) is 0. The molecule has 1 aromatic carbocycles. The van der Waals surface area contributed by atoms with E-state index in [1.807, 2.05) is 13.8 Å². The third-order valence-corrected chi connectivity index (χ3v) is 12.1. The summed E-state index contributed by atoms with van der Waals surface area (Å²) in [6.45, 7) is 11.8. The molecule has 1 N–H and O–H groups in total. The maximum Gasteiger partial charge on any atom is 0.310 e. The van der Waals surface area contributed by atoms with Crippen LogP contribution >= 0.6 is 39.3 Å². The zero-order chi connectivity index (χ0) is 29.2. The number of ether oxygens (including phenoxy) is 1. The molecule has 2 amide bonds. The van der Waals surface area contributed by atoms with E-state index >= 15 is 0 Å². The molecule has 10 heteroatoms. The summed E-state index contributed by atoms with van der Waals surface area (Å²) in [6.07, 6.45) is 6.08. The van der Waals surface area contributed by atoms with E-state index in [1.54, 1.807) is 58.0 Å². The number of nitrogens with zero attached hydrogens (tertiary/aromatic N) is 2. The first-order chi connectivity index (χ1) is 19.2. The lowest BCUT2D eigenvalue weighted by Gasteiger charge is -2.41. The molecule has 3 aliphatic heterocycles. The van der Waals surface area contributed by atoms with Crippen LogP contribution in [0, 0.1) is 17.8 Å². The second-order valence-corrected chi connectivity index (χ2v) is 14.0. The van der Waals surface area contributed by atoms with Crippen molar-refractivity contribution in [2.24, 2.45) is 17.8 Å². The second kappa shape index (κ2) is 13.0. The second-order valence-electron chi connectivity index (χ2n) is 10.9. The molecule has 3 fully saturated rings. The van der Waals surface area contributed by atoms with Crippen molar-refractivity contribution in [3.8, 4) is 0 Å². The Morgan fingerprint density at radius 2 is 2.02 bits per heavy atom. The predicted molar refractivity (Wildman–Crippen MR) is 164 cm³/mol. The number of aliphatic hydroxyl groups excluding tert-OH is 1. The molecule has 0 aromatic heterocycles. The van der Waals surface area contributed by atoms with Gasteiger partial charge in [0.25, 0.3) is 5.91 Å². The average Bonchev–Trinajstić information content (AvgIpc) is 3.54. The molecule has 40 heavy (non-hydrogen) atoms. The van der Waals surface area contributed by atoms with Crippen LogP contribution in [0.15, 0.2) is 49.6 Å². The molecule has 1 spiro atoms. The number of hydrogen-bond donors (Lipinski definition) is 1. The largest absolute Gasteiger partial charge is 0.465 e. The number of thioether (sulfide) groups is 1. The van der Waals surface area contributed by atoms with Gasteiger partial charge in [-0.1, -0.05) is 60.0 Å². The van der Waals surface area contributed by atoms with Gasteiger partial charge in [-0.15, -0.1) is 24.9 Å². The van der Waals surface area contributed by atoms with Gasteiger partial charge in [0.15, 0.2) is 0 Å². The molecular weight excluding hydrogens is 616 g/mol. The summed E-state index contributed by atoms with van der Waals surface area (Å²) >= 11 is 11.5. The molecule has 0 aliphatic carbocycles. The molecule has 3 saturated heterocycles. The van der Waals surface area contributed by atoms with E-state index in [9.17, 15) is 19.5 Å². The molecule has 7 nitrogen and oxygen atoms in total. The van der Waals surface area contributed by atoms with E-state index in [-0.39, 0.29) is 47.6 Å². The third-order valence-electron chi connectivity index (χ3n) is 8.59. The molecule has 0 saturated carbocycles. The molecule has 0 radical (unpaired) electrons. The van der Waals surface area contributed by atoms with Crippen molar-refractivity contribution >= 4 is 62.8 Å². The summed E-state index contributed by atoms with van der Waals surface area (Å²) < 4.78 is 4.83. The lowest BCUT2D eigenvalue weighted by molar-refractivity contribution is -0.154. The Bertz CT molecular complexity index is 1140. The van der Waals surface area contributed by atoms with Crippen LogP contribution in [-0.4, -0.2) is 74.5 Å². The Labute approximate surface area is 254 Å². The van der Waals surface area contributed by atoms with Gasteiger partial charge in [-0.3, -0.25) is 14.4 Å². The highest BCUT2D eigenvalue weighted by Crippen LogP contribution is 2.68. The molecule has 3 aliphatic rings. The Hall–Kier alpha value is -1.81. The third kappa shape index (κ3) is 5.39. The molecule has 2 bridgehead atoms. The number of alkyl halides is 1. The Morgan fingerprint density at radius 3 is 2.62 bits per heavy atom. The van der Waals surface area contributed by atoms with Crippen molar-refractivity contribution < 1.29 is 24.2 Å². The number of carbonyl (C=O) groups excluding carboxylic acids is 3. The quantitative estimate of drug-likeness (QED) is 0.136. The first kappa shape index (κ1) is 31.1. The maximum atomic E-state index is 14.7. The van der Waals surface area contributed by atoms with Crippen molar-refractivity contribution in [1.82, 2.24) is 4.90 Å². The molecular formula is C30H38BrClN2O5S. The fraction of sp³-hybridized carbons (Fsp3) is 0.567. The number of aliphatic hydroxyl groups is 1. The molecule has 3 heterocycles. The topological polar surface area (TPSA) is 87.1 Å². The van der Waals surface area contributed by atoms with E-state index < -0.39 is 34.6 Å². The first-order valence-corrected chi connectivity index (χ1v) is 16.0. The maximum absolute atomic E-state index is 14.7. The number of likely N-dealkylation sites (tertiary alicyclic amines) is 1. The number of carbonyl (C=O) groups is 3. The van der Waals surface area contributed by atoms with Crippen LogP contribution < -0.4 is 4.90 Å². The monoisotopic (exact) mass is 652 g/mol. The van der Waals surface area contributed by atoms with Crippen LogP contribution in [0.5, 0.6) is 0 Å². The van der Waals surface area contributed by atoms with Gasteiger partial charge < -0.3 is 19.6 Å². The van der Waals surface area contributed by atoms with Crippen LogP contribution in [0.25, 0.3) is 0 Å². The van der Waals surface area contributed by atoms with Gasteiger partial charge in [-0.25, -0.2) is 0 Å². The minimum atomic E-state index is -0.875. The van der Waals surface area contributed by atoms with Gasteiger partial charge in [-0.2, -0.15) is 0 Å². The molecule has 3 unspecified atom stereocenters. The Kier molecular flexibility index (Phi) is 10.1. The van der Waals surface area contributed by atoms with Crippen LogP contribution in [0.4, 0.5) is 5.69 Å². The molecule has 8 atom stereocenters. The standard InChI is InChI=1S/C30H38BrClN2O5S/c1-5-8-9-15-39-29(38)23-24-27(36)34(22(17-35)18(4)7-3)26(30(24)16-21(31)25(23)40-30)28(37)33(14-6-2)20-12-10-19(32)11-13-20/h5-6,10-13,18,21-26,35H,1-2,7-9,14-17H2,3-4H3/t18-,21?,22-,23-,24-,25-,26?,30?/m0/s1. The summed E-state index contributed by atoms with van der Waals surface area (Å²) in [5.41, 5.74) is 0.636. The summed E-state index contributed by atoms with van der Waals surface area (Å²) in [5, 5.41) is 10.9. The molecule has 1 aromatic rings. The van der Waals surface area contributed by atoms with Crippen molar-refractivity contribution in [2.75, 3.05) is 24.7 Å². The van der Waals surface area contributed by atoms with Gasteiger partial charge >= 0.3 is 5.97 Å². The minimum Gasteiger partial charge on any atom is -0.465 e. The van der Waals surface area contributed by atoms with Gasteiger partial charge in [0, 0.05) is 27.3 Å². The van der Waals surface area contributed by atoms with Gasteiger partial charge in [0.1, 0.15) is 6.04 Å². The fourth-order valence-corrected chi connectivity index (χ4v) is 10.2. The van der Waals surface area contributed by atoms with Crippen molar-refractivity contribution in [2.45, 2.75) is 66.4 Å². The SMILES string of the molecule is C=CCCCOC(=O)[C@H]1[C@H]2C(=O)N([C@@H](CO)[C@@H](C)CC)C(C(=O)N(CC=C)c3ccc(Cl)cc3)C23CC(Br)[C@@H]1S3. The number of anilines is 1. The summed E-state index contributed by atoms with van der Waals surface area (Å²) in [6, 6.07) is 5.54. The van der Waals surface area contributed by atoms with Gasteiger partial charge in [0.2, 0.25) is 5.91 Å². The normalized spacial score (nSPS) is 30.1. The lowest BCUT2D eigenvalue weighted by Crippen LogP contribution is -2.59. The number of halogens is 2. The summed E-state index contributed by atoms with van der Waals surface area (Å²) in [5.74, 6) is -2.37. The number of benzene rings is 1. The minimum absolute atomic E-state index is 0.0610. The van der Waals surface area contributed by atoms with E-state index in [4.69, 9.17) is 16.3 Å². The molecule has 218 valence electrons. The fourth-order valence-electron chi connectivity index (χ4n) is 6.50. The highest BCUT2D eigenvalue weighted by Gasteiger charge is 2.76. The van der Waals surface area contributed by atoms with E-state index in [0.717, 1.165) is 6.42 Å². The van der Waals surface area contributed by atoms with Crippen molar-refractivity contribution in [3.05, 3.63) is 54.6 Å². The zero-order valence-corrected chi connectivity index (χ0v) is 26.2. The average molecular weight is 654 g/mol. The highest BCUT2D eigenvalue weighted by molar-refractivity contribution is 9.09. The lowest BCUT2D eigenvalue weighted by atomic mass is 9.71. The van der Waals surface area contributed by atoms with Gasteiger partial charge in [-0.05, 0) is 49.4 Å². The van der Waals surface area contributed by atoms with Gasteiger partial charge in [0.05, 0.1) is 35.8 Å². The van der Waals surface area contributed by atoms with Crippen molar-refractivity contribution in [1.29, 1.82) is 0 Å². The molecule has 4 rings (SSSR count).